The molecule has 1 saturated heterocycles. The zero-order valence-electron chi connectivity index (χ0n) is 30.4. The van der Waals surface area contributed by atoms with Crippen LogP contribution in [0.1, 0.15) is 88.3 Å². The average Bonchev–Trinajstić information content (AvgIpc) is 3.62. The number of hydrogen-bond acceptors (Lipinski definition) is 7. The molecule has 2 heterocycles. The van der Waals surface area contributed by atoms with Gasteiger partial charge in [0.05, 0.1) is 36.2 Å². The molecule has 6 rings (SSSR count). The van der Waals surface area contributed by atoms with Crippen molar-refractivity contribution in [1.82, 2.24) is 0 Å². The van der Waals surface area contributed by atoms with Gasteiger partial charge in [-0.3, -0.25) is 4.79 Å². The van der Waals surface area contributed by atoms with Gasteiger partial charge in [-0.25, -0.2) is 0 Å². The molecule has 1 aromatic heterocycles. The van der Waals surface area contributed by atoms with Crippen LogP contribution < -0.4 is 5.38 Å². The van der Waals surface area contributed by atoms with E-state index in [0.29, 0.717) is 19.4 Å². The summed E-state index contributed by atoms with van der Waals surface area (Å²) in [4.78, 5) is 26.8. The highest BCUT2D eigenvalue weighted by Gasteiger charge is 2.60. The van der Waals surface area contributed by atoms with E-state index in [1.807, 2.05) is 42.7 Å². The third-order valence-corrected chi connectivity index (χ3v) is 18.7. The van der Waals surface area contributed by atoms with Gasteiger partial charge < -0.3 is 23.8 Å². The first-order valence-corrected chi connectivity index (χ1v) is 22.3. The Hall–Kier alpha value is -2.91. The minimum Gasteiger partial charge on any atom is -0.474 e. The number of aldehydes is 1. The molecule has 3 aromatic rings. The lowest BCUT2D eigenvalue weighted by Crippen LogP contribution is -2.51. The molecular weight excluding hydrogens is 661 g/mol. The van der Waals surface area contributed by atoms with Crippen LogP contribution in [0.3, 0.4) is 0 Å². The highest BCUT2D eigenvalue weighted by molar-refractivity contribution is 7.99. The highest BCUT2D eigenvalue weighted by atomic mass is 32.2. The molecule has 2 bridgehead atoms. The normalized spacial score (nSPS) is 26.3. The largest absolute Gasteiger partial charge is 0.474 e. The summed E-state index contributed by atoms with van der Waals surface area (Å²) >= 11 is 1.57. The van der Waals surface area contributed by atoms with Crippen molar-refractivity contribution in [2.45, 2.75) is 119 Å². The third kappa shape index (κ3) is 7.36. The second kappa shape index (κ2) is 15.4. The molecule has 2 aromatic carbocycles. The topological polar surface area (TPSA) is 86.0 Å². The Labute approximate surface area is 303 Å². The molecule has 1 N–H and O–H groups in total. The summed E-state index contributed by atoms with van der Waals surface area (Å²) in [5.74, 6) is -0.487. The SMILES string of the molecule is CC(C)(C)[Si](C)(C)c1occ2c1C[C@]1(CC(=O)O[C@@H]1Sc1ccccc1)C1=C[C@H](CCCCCCOCc3ccccc3)[C@@H](CC=O)[C@H]2[C@H]1O. The number of furan rings is 1. The van der Waals surface area contributed by atoms with Crippen molar-refractivity contribution in [3.63, 3.8) is 0 Å². The van der Waals surface area contributed by atoms with E-state index in [-0.39, 0.29) is 35.2 Å². The molecule has 6 atom stereocenters. The third-order valence-electron chi connectivity index (χ3n) is 12.1. The Morgan fingerprint density at radius 2 is 1.70 bits per heavy atom. The van der Waals surface area contributed by atoms with E-state index < -0.39 is 25.0 Å². The van der Waals surface area contributed by atoms with E-state index in [0.717, 1.165) is 72.0 Å². The predicted octanol–water partition coefficient (Wildman–Crippen LogP) is 8.98. The number of fused-ring (bicyclic) bond motifs is 5. The van der Waals surface area contributed by atoms with Crippen LogP contribution in [0.15, 0.2) is 87.9 Å². The van der Waals surface area contributed by atoms with Gasteiger partial charge in [-0.2, -0.15) is 0 Å². The molecule has 50 heavy (non-hydrogen) atoms. The molecule has 2 aliphatic carbocycles. The van der Waals surface area contributed by atoms with Gasteiger partial charge in [0.2, 0.25) is 0 Å². The molecule has 268 valence electrons. The molecule has 0 unspecified atom stereocenters. The first-order valence-electron chi connectivity index (χ1n) is 18.4. The highest BCUT2D eigenvalue weighted by Crippen LogP contribution is 2.60. The average molecular weight is 715 g/mol. The number of carbonyl (C=O) groups excluding carboxylic acids is 2. The fourth-order valence-electron chi connectivity index (χ4n) is 8.34. The fourth-order valence-corrected chi connectivity index (χ4v) is 11.6. The van der Waals surface area contributed by atoms with Crippen molar-refractivity contribution in [3.05, 3.63) is 95.3 Å². The van der Waals surface area contributed by atoms with E-state index in [1.165, 1.54) is 5.56 Å². The van der Waals surface area contributed by atoms with Crippen molar-refractivity contribution >= 4 is 37.5 Å². The van der Waals surface area contributed by atoms with Gasteiger partial charge in [0.25, 0.3) is 0 Å². The lowest BCUT2D eigenvalue weighted by atomic mass is 9.63. The summed E-state index contributed by atoms with van der Waals surface area (Å²) in [5, 5.41) is 13.5. The number of allylic oxidation sites excluding steroid dienone is 1. The van der Waals surface area contributed by atoms with E-state index in [2.05, 4.69) is 64.2 Å². The van der Waals surface area contributed by atoms with E-state index in [1.54, 1.807) is 11.8 Å². The van der Waals surface area contributed by atoms with Crippen LogP contribution in [0, 0.1) is 17.3 Å². The fraction of sp³-hybridized carbons (Fsp3) is 0.524. The van der Waals surface area contributed by atoms with Crippen molar-refractivity contribution in [2.24, 2.45) is 17.3 Å². The molecular formula is C42H54O6SSi. The summed E-state index contributed by atoms with van der Waals surface area (Å²) in [7, 11) is -2.17. The number of rotatable bonds is 14. The minimum atomic E-state index is -2.17. The van der Waals surface area contributed by atoms with E-state index in [4.69, 9.17) is 13.9 Å². The number of hydrogen-bond donors (Lipinski definition) is 1. The summed E-state index contributed by atoms with van der Waals surface area (Å²) in [6.07, 6.45) is 10.6. The Balaban J connectivity index is 1.31. The molecule has 0 radical (unpaired) electrons. The molecule has 6 nitrogen and oxygen atoms in total. The zero-order chi connectivity index (χ0) is 35.5. The Bertz CT molecular complexity index is 1640. The molecule has 3 aliphatic rings. The molecule has 0 saturated carbocycles. The van der Waals surface area contributed by atoms with Crippen LogP contribution in [0.2, 0.25) is 18.1 Å². The van der Waals surface area contributed by atoms with Crippen molar-refractivity contribution in [2.75, 3.05) is 6.61 Å². The maximum atomic E-state index is 13.4. The number of aliphatic hydroxyl groups is 1. The van der Waals surface area contributed by atoms with Crippen LogP contribution in [0.4, 0.5) is 0 Å². The van der Waals surface area contributed by atoms with Crippen molar-refractivity contribution < 1.29 is 28.6 Å². The van der Waals surface area contributed by atoms with Crippen LogP contribution in [0.25, 0.3) is 0 Å². The lowest BCUT2D eigenvalue weighted by Gasteiger charge is -2.44. The summed E-state index contributed by atoms with van der Waals surface area (Å²) in [6.45, 7) is 12.9. The first kappa shape index (κ1) is 36.9. The van der Waals surface area contributed by atoms with Crippen LogP contribution >= 0.6 is 11.8 Å². The van der Waals surface area contributed by atoms with Gasteiger partial charge in [-0.05, 0) is 70.5 Å². The van der Waals surface area contributed by atoms with Crippen molar-refractivity contribution in [1.29, 1.82) is 0 Å². The van der Waals surface area contributed by atoms with E-state index in [9.17, 15) is 14.7 Å². The summed E-state index contributed by atoms with van der Waals surface area (Å²) in [6, 6.07) is 20.4. The smallest absolute Gasteiger partial charge is 0.308 e. The maximum Gasteiger partial charge on any atom is 0.308 e. The van der Waals surface area contributed by atoms with Gasteiger partial charge in [0, 0.05) is 23.8 Å². The number of aliphatic hydroxyl groups excluding tert-OH is 1. The second-order valence-electron chi connectivity index (χ2n) is 16.2. The molecule has 8 heteroatoms. The van der Waals surface area contributed by atoms with Crippen LogP contribution in [0.5, 0.6) is 0 Å². The second-order valence-corrected chi connectivity index (χ2v) is 22.5. The maximum absolute atomic E-state index is 13.4. The Kier molecular flexibility index (Phi) is 11.3. The molecule has 0 amide bonds. The summed E-state index contributed by atoms with van der Waals surface area (Å²) < 4.78 is 18.7. The van der Waals surface area contributed by atoms with Gasteiger partial charge in [0.15, 0.2) is 5.44 Å². The Morgan fingerprint density at radius 3 is 2.40 bits per heavy atom. The summed E-state index contributed by atoms with van der Waals surface area (Å²) in [5.41, 5.74) is 3.04. The number of cyclic esters (lactones) is 1. The first-order chi connectivity index (χ1) is 24.0. The molecule has 1 aliphatic heterocycles. The number of thioether (sulfide) groups is 1. The van der Waals surface area contributed by atoms with Crippen LogP contribution in [-0.2, 0) is 32.1 Å². The standard InChI is InChI=1S/C42H54O6SSi/c1-41(2,3)50(4,5)39-33-25-42(26-36(44)48-40(42)49-31-19-13-9-14-20-31)35-24-30(32(21-22-43)37(38(35)45)34(33)28-47-39)18-12-6-7-15-23-46-27-29-16-10-8-11-17-29/h8-11,13-14,16-17,19-20,22,24,28,30,32,37-38,40,45H,6-7,12,15,18,21,23,25-27H2,1-5H3/t30-,32+,37+,38-,40+,42-/m0/s1. The molecule has 1 fully saturated rings. The zero-order valence-corrected chi connectivity index (χ0v) is 32.2. The number of ether oxygens (including phenoxy) is 2. The monoisotopic (exact) mass is 714 g/mol. The number of benzene rings is 2. The Morgan fingerprint density at radius 1 is 1.00 bits per heavy atom. The van der Waals surface area contributed by atoms with Gasteiger partial charge >= 0.3 is 5.97 Å². The predicted molar refractivity (Wildman–Crippen MR) is 202 cm³/mol. The number of unbranched alkanes of at least 4 members (excludes halogenated alkanes) is 3. The van der Waals surface area contributed by atoms with Gasteiger partial charge in [-0.1, -0.05) is 119 Å². The van der Waals surface area contributed by atoms with Gasteiger partial charge in [-0.15, -0.1) is 0 Å². The number of carbonyl (C=O) groups is 2. The number of esters is 1. The van der Waals surface area contributed by atoms with Crippen molar-refractivity contribution in [3.8, 4) is 0 Å². The van der Waals surface area contributed by atoms with E-state index >= 15 is 0 Å². The van der Waals surface area contributed by atoms with Crippen LogP contribution in [-0.4, -0.2) is 43.6 Å². The quantitative estimate of drug-likeness (QED) is 0.0587. The molecule has 1 spiro atoms. The minimum absolute atomic E-state index is 0.0164. The lowest BCUT2D eigenvalue weighted by molar-refractivity contribution is -0.138. The van der Waals surface area contributed by atoms with Gasteiger partial charge in [0.1, 0.15) is 14.4 Å².